The molecule has 1 heterocycles. The molecule has 1 amide bonds. The maximum Gasteiger partial charge on any atom is 0.410 e. The van der Waals surface area contributed by atoms with Gasteiger partial charge in [0.15, 0.2) is 0 Å². The summed E-state index contributed by atoms with van der Waals surface area (Å²) in [6, 6.07) is 7.54. The van der Waals surface area contributed by atoms with Crippen molar-refractivity contribution in [3.05, 3.63) is 35.4 Å². The molecule has 0 radical (unpaired) electrons. The summed E-state index contributed by atoms with van der Waals surface area (Å²) in [5.41, 5.74) is 1.57. The molecule has 0 N–H and O–H groups in total. The fraction of sp³-hybridized carbons (Fsp3) is 0.500. The highest BCUT2D eigenvalue weighted by atomic mass is 16.6. The molecule has 2 rings (SSSR count). The van der Waals surface area contributed by atoms with Crippen LogP contribution in [0.4, 0.5) is 4.79 Å². The zero-order valence-corrected chi connectivity index (χ0v) is 16.1. The van der Waals surface area contributed by atoms with E-state index in [4.69, 9.17) is 14.2 Å². The van der Waals surface area contributed by atoms with Crippen LogP contribution in [0.5, 0.6) is 5.75 Å². The van der Waals surface area contributed by atoms with Gasteiger partial charge in [-0.25, -0.2) is 9.59 Å². The Balaban J connectivity index is 2.38. The number of rotatable bonds is 4. The fourth-order valence-electron chi connectivity index (χ4n) is 2.84. The topological polar surface area (TPSA) is 65.1 Å². The van der Waals surface area contributed by atoms with E-state index in [1.54, 1.807) is 14.0 Å². The summed E-state index contributed by atoms with van der Waals surface area (Å²) in [7, 11) is 1.60. The number of ether oxygens (including phenoxy) is 3. The van der Waals surface area contributed by atoms with Crippen LogP contribution in [0.3, 0.4) is 0 Å². The number of nitrogens with zero attached hydrogens (tertiary/aromatic N) is 1. The predicted molar refractivity (Wildman–Crippen MR) is 99.0 cm³/mol. The molecule has 0 saturated carbocycles. The normalized spacial score (nSPS) is 14.9. The summed E-state index contributed by atoms with van der Waals surface area (Å²) in [5, 5.41) is 0. The van der Waals surface area contributed by atoms with Gasteiger partial charge in [-0.1, -0.05) is 18.2 Å². The molecular weight excluding hydrogens is 334 g/mol. The van der Waals surface area contributed by atoms with Gasteiger partial charge in [0, 0.05) is 12.1 Å². The van der Waals surface area contributed by atoms with Crippen LogP contribution >= 0.6 is 0 Å². The van der Waals surface area contributed by atoms with E-state index in [0.717, 1.165) is 11.1 Å². The number of hydrogen-bond donors (Lipinski definition) is 0. The third-order valence-corrected chi connectivity index (χ3v) is 3.95. The van der Waals surface area contributed by atoms with Crippen molar-refractivity contribution in [3.63, 3.8) is 0 Å². The Morgan fingerprint density at radius 1 is 1.19 bits per heavy atom. The van der Waals surface area contributed by atoms with Crippen LogP contribution in [-0.2, 0) is 14.3 Å². The average Bonchev–Trinajstić information content (AvgIpc) is 2.60. The largest absolute Gasteiger partial charge is 0.496 e. The van der Waals surface area contributed by atoms with Crippen LogP contribution in [0.2, 0.25) is 0 Å². The highest BCUT2D eigenvalue weighted by Crippen LogP contribution is 2.34. The van der Waals surface area contributed by atoms with Crippen molar-refractivity contribution in [2.45, 2.75) is 39.7 Å². The lowest BCUT2D eigenvalue weighted by Crippen LogP contribution is -2.42. The molecular formula is C20H27NO5. The van der Waals surface area contributed by atoms with E-state index in [0.29, 0.717) is 24.3 Å². The zero-order valence-electron chi connectivity index (χ0n) is 16.1. The van der Waals surface area contributed by atoms with Crippen molar-refractivity contribution >= 4 is 17.6 Å². The highest BCUT2D eigenvalue weighted by Gasteiger charge is 2.31. The van der Waals surface area contributed by atoms with Gasteiger partial charge in [0.2, 0.25) is 0 Å². The lowest BCUT2D eigenvalue weighted by Gasteiger charge is -2.32. The van der Waals surface area contributed by atoms with Gasteiger partial charge in [-0.3, -0.25) is 0 Å². The number of carbonyl (C=O) groups is 2. The van der Waals surface area contributed by atoms with Gasteiger partial charge in [-0.2, -0.15) is 0 Å². The maximum absolute atomic E-state index is 12.5. The van der Waals surface area contributed by atoms with Gasteiger partial charge in [-0.05, 0) is 45.8 Å². The summed E-state index contributed by atoms with van der Waals surface area (Å²) in [6.45, 7) is 8.10. The van der Waals surface area contributed by atoms with Gasteiger partial charge in [0.1, 0.15) is 11.4 Å². The van der Waals surface area contributed by atoms with E-state index in [-0.39, 0.29) is 13.2 Å². The number of benzene rings is 1. The Bertz CT molecular complexity index is 702. The Kier molecular flexibility index (Phi) is 6.29. The summed E-state index contributed by atoms with van der Waals surface area (Å²) in [5.74, 6) is 0.275. The van der Waals surface area contributed by atoms with Crippen LogP contribution in [0.25, 0.3) is 5.57 Å². The van der Waals surface area contributed by atoms with Gasteiger partial charge in [0.25, 0.3) is 0 Å². The van der Waals surface area contributed by atoms with Crippen molar-refractivity contribution in [1.82, 2.24) is 4.90 Å². The standard InChI is InChI=1S/C20H27NO5/c1-6-25-18(22)16-13-21(19(23)26-20(2,3)4)12-11-14(16)15-9-7-8-10-17(15)24-5/h7-10H,6,11-13H2,1-5H3. The second kappa shape index (κ2) is 8.25. The summed E-state index contributed by atoms with van der Waals surface area (Å²) in [4.78, 5) is 26.5. The number of para-hydroxylation sites is 1. The molecule has 26 heavy (non-hydrogen) atoms. The zero-order chi connectivity index (χ0) is 19.3. The second-order valence-electron chi connectivity index (χ2n) is 7.03. The van der Waals surface area contributed by atoms with Crippen LogP contribution in [0.1, 0.15) is 39.7 Å². The van der Waals surface area contributed by atoms with E-state index in [1.165, 1.54) is 4.90 Å². The lowest BCUT2D eigenvalue weighted by molar-refractivity contribution is -0.138. The molecule has 0 aliphatic carbocycles. The molecule has 142 valence electrons. The molecule has 0 bridgehead atoms. The molecule has 6 heteroatoms. The van der Waals surface area contributed by atoms with E-state index in [2.05, 4.69) is 0 Å². The number of methoxy groups -OCH3 is 1. The van der Waals surface area contributed by atoms with Gasteiger partial charge >= 0.3 is 12.1 Å². The van der Waals surface area contributed by atoms with Crippen LogP contribution in [-0.4, -0.2) is 49.4 Å². The molecule has 1 aliphatic heterocycles. The minimum Gasteiger partial charge on any atom is -0.496 e. The molecule has 0 unspecified atom stereocenters. The van der Waals surface area contributed by atoms with Crippen LogP contribution in [0.15, 0.2) is 29.8 Å². The number of esters is 1. The van der Waals surface area contributed by atoms with Gasteiger partial charge in [0.05, 0.1) is 25.8 Å². The van der Waals surface area contributed by atoms with Crippen molar-refractivity contribution in [2.75, 3.05) is 26.8 Å². The van der Waals surface area contributed by atoms with E-state index in [1.807, 2.05) is 45.0 Å². The summed E-state index contributed by atoms with van der Waals surface area (Å²) < 4.78 is 16.1. The van der Waals surface area contributed by atoms with E-state index >= 15 is 0 Å². The monoisotopic (exact) mass is 361 g/mol. The fourth-order valence-corrected chi connectivity index (χ4v) is 2.84. The van der Waals surface area contributed by atoms with E-state index < -0.39 is 17.7 Å². The Hall–Kier alpha value is -2.50. The average molecular weight is 361 g/mol. The first-order chi connectivity index (χ1) is 12.3. The molecule has 1 aromatic carbocycles. The lowest BCUT2D eigenvalue weighted by atomic mass is 9.92. The molecule has 0 spiro atoms. The Morgan fingerprint density at radius 2 is 1.88 bits per heavy atom. The second-order valence-corrected chi connectivity index (χ2v) is 7.03. The van der Waals surface area contributed by atoms with Crippen LogP contribution < -0.4 is 4.74 Å². The Labute approximate surface area is 154 Å². The first kappa shape index (κ1) is 19.8. The minimum absolute atomic E-state index is 0.154. The van der Waals surface area contributed by atoms with Crippen molar-refractivity contribution in [3.8, 4) is 5.75 Å². The van der Waals surface area contributed by atoms with Gasteiger partial charge in [-0.15, -0.1) is 0 Å². The molecule has 0 saturated heterocycles. The maximum atomic E-state index is 12.5. The highest BCUT2D eigenvalue weighted by molar-refractivity contribution is 6.00. The third-order valence-electron chi connectivity index (χ3n) is 3.95. The first-order valence-electron chi connectivity index (χ1n) is 8.77. The SMILES string of the molecule is CCOC(=O)C1=C(c2ccccc2OC)CCN(C(=O)OC(C)(C)C)C1. The predicted octanol–water partition coefficient (Wildman–Crippen LogP) is 3.65. The molecule has 1 aliphatic rings. The molecule has 0 atom stereocenters. The Morgan fingerprint density at radius 3 is 2.50 bits per heavy atom. The molecule has 1 aromatic rings. The minimum atomic E-state index is -0.589. The first-order valence-corrected chi connectivity index (χ1v) is 8.77. The van der Waals surface area contributed by atoms with Gasteiger partial charge < -0.3 is 19.1 Å². The van der Waals surface area contributed by atoms with E-state index in [9.17, 15) is 9.59 Å². The quantitative estimate of drug-likeness (QED) is 0.766. The number of carbonyl (C=O) groups excluding carboxylic acids is 2. The third kappa shape index (κ3) is 4.77. The summed E-state index contributed by atoms with van der Waals surface area (Å²) >= 11 is 0. The van der Waals surface area contributed by atoms with Crippen LogP contribution in [0, 0.1) is 0 Å². The molecule has 6 nitrogen and oxygen atoms in total. The van der Waals surface area contributed by atoms with Crippen molar-refractivity contribution in [2.24, 2.45) is 0 Å². The molecule has 0 fully saturated rings. The smallest absolute Gasteiger partial charge is 0.410 e. The van der Waals surface area contributed by atoms with Crippen molar-refractivity contribution in [1.29, 1.82) is 0 Å². The number of hydrogen-bond acceptors (Lipinski definition) is 5. The number of amides is 1. The molecule has 0 aromatic heterocycles. The summed E-state index contributed by atoms with van der Waals surface area (Å²) in [6.07, 6.45) is 0.0895. The van der Waals surface area contributed by atoms with Crippen molar-refractivity contribution < 1.29 is 23.8 Å².